The highest BCUT2D eigenvalue weighted by Gasteiger charge is 2.27. The normalized spacial score (nSPS) is 11.4. The molecule has 0 fully saturated rings. The van der Waals surface area contributed by atoms with Gasteiger partial charge < -0.3 is 10.1 Å². The molecule has 0 radical (unpaired) electrons. The maximum Gasteiger partial charge on any atom is 0.325 e. The molecule has 1 N–H and O–H groups in total. The molecule has 4 heteroatoms. The van der Waals surface area contributed by atoms with Gasteiger partial charge in [-0.05, 0) is 38.3 Å². The zero-order valence-electron chi connectivity index (χ0n) is 9.55. The standard InChI is InChI=1S/C10H21NO2S/c1-5-14-8-6-7-11-10(2,3)9(12)13-4/h11H,5-8H2,1-4H3. The first-order valence-corrected chi connectivity index (χ1v) is 6.11. The monoisotopic (exact) mass is 219 g/mol. The molecule has 14 heavy (non-hydrogen) atoms. The van der Waals surface area contributed by atoms with Crippen LogP contribution in [-0.2, 0) is 9.53 Å². The van der Waals surface area contributed by atoms with Crippen molar-refractivity contribution < 1.29 is 9.53 Å². The first-order chi connectivity index (χ1) is 6.54. The lowest BCUT2D eigenvalue weighted by molar-refractivity contribution is -0.147. The molecule has 0 rings (SSSR count). The van der Waals surface area contributed by atoms with E-state index in [1.54, 1.807) is 0 Å². The molecule has 0 aliphatic heterocycles. The summed E-state index contributed by atoms with van der Waals surface area (Å²) in [6.07, 6.45) is 1.08. The molecule has 0 aliphatic carbocycles. The summed E-state index contributed by atoms with van der Waals surface area (Å²) in [5.41, 5.74) is -0.564. The molecule has 0 saturated heterocycles. The zero-order chi connectivity index (χ0) is 11.0. The number of carbonyl (C=O) groups is 1. The van der Waals surface area contributed by atoms with Crippen LogP contribution in [0.15, 0.2) is 0 Å². The van der Waals surface area contributed by atoms with E-state index in [4.69, 9.17) is 0 Å². The Morgan fingerprint density at radius 1 is 1.50 bits per heavy atom. The fraction of sp³-hybridized carbons (Fsp3) is 0.900. The zero-order valence-corrected chi connectivity index (χ0v) is 10.4. The van der Waals surface area contributed by atoms with Crippen LogP contribution in [0, 0.1) is 0 Å². The second-order valence-corrected chi connectivity index (χ2v) is 4.99. The van der Waals surface area contributed by atoms with E-state index in [0.29, 0.717) is 0 Å². The highest BCUT2D eigenvalue weighted by Crippen LogP contribution is 2.05. The first-order valence-electron chi connectivity index (χ1n) is 4.95. The second-order valence-electron chi connectivity index (χ2n) is 3.59. The van der Waals surface area contributed by atoms with Crippen molar-refractivity contribution in [1.82, 2.24) is 5.32 Å². The number of methoxy groups -OCH3 is 1. The van der Waals surface area contributed by atoms with Gasteiger partial charge in [-0.3, -0.25) is 4.79 Å². The molecule has 84 valence electrons. The summed E-state index contributed by atoms with van der Waals surface area (Å²) in [6.45, 7) is 6.68. The Morgan fingerprint density at radius 2 is 2.14 bits per heavy atom. The minimum absolute atomic E-state index is 0.208. The van der Waals surface area contributed by atoms with Crippen LogP contribution in [0.2, 0.25) is 0 Å². The van der Waals surface area contributed by atoms with Crippen molar-refractivity contribution in [3.8, 4) is 0 Å². The van der Waals surface area contributed by atoms with E-state index in [-0.39, 0.29) is 5.97 Å². The van der Waals surface area contributed by atoms with Crippen molar-refractivity contribution in [2.75, 3.05) is 25.2 Å². The molecular formula is C10H21NO2S. The number of ether oxygens (including phenoxy) is 1. The Morgan fingerprint density at radius 3 is 2.64 bits per heavy atom. The van der Waals surface area contributed by atoms with Gasteiger partial charge in [0.2, 0.25) is 0 Å². The first kappa shape index (κ1) is 13.8. The maximum atomic E-state index is 11.3. The molecule has 0 saturated carbocycles. The van der Waals surface area contributed by atoms with Gasteiger partial charge in [-0.2, -0.15) is 11.8 Å². The summed E-state index contributed by atoms with van der Waals surface area (Å²) < 4.78 is 4.69. The topological polar surface area (TPSA) is 38.3 Å². The van der Waals surface area contributed by atoms with Crippen molar-refractivity contribution >= 4 is 17.7 Å². The van der Waals surface area contributed by atoms with Crippen molar-refractivity contribution in [3.63, 3.8) is 0 Å². The quantitative estimate of drug-likeness (QED) is 0.522. The van der Waals surface area contributed by atoms with E-state index in [1.165, 1.54) is 7.11 Å². The summed E-state index contributed by atoms with van der Waals surface area (Å²) in [5.74, 6) is 2.09. The molecule has 0 heterocycles. The highest BCUT2D eigenvalue weighted by molar-refractivity contribution is 7.99. The molecule has 0 aromatic carbocycles. The van der Waals surface area contributed by atoms with Gasteiger partial charge in [0, 0.05) is 0 Å². The Hall–Kier alpha value is -0.220. The van der Waals surface area contributed by atoms with Gasteiger partial charge in [-0.15, -0.1) is 0 Å². The van der Waals surface area contributed by atoms with Crippen LogP contribution >= 0.6 is 11.8 Å². The molecule has 3 nitrogen and oxygen atoms in total. The molecule has 0 atom stereocenters. The Labute approximate surface area is 91.0 Å². The van der Waals surface area contributed by atoms with Gasteiger partial charge in [-0.1, -0.05) is 6.92 Å². The van der Waals surface area contributed by atoms with Crippen LogP contribution in [0.5, 0.6) is 0 Å². The van der Waals surface area contributed by atoms with Gasteiger partial charge in [-0.25, -0.2) is 0 Å². The van der Waals surface area contributed by atoms with E-state index in [2.05, 4.69) is 17.0 Å². The predicted octanol–water partition coefficient (Wildman–Crippen LogP) is 1.67. The lowest BCUT2D eigenvalue weighted by Crippen LogP contribution is -2.47. The van der Waals surface area contributed by atoms with Crippen LogP contribution in [-0.4, -0.2) is 36.7 Å². The lowest BCUT2D eigenvalue weighted by atomic mass is 10.1. The van der Waals surface area contributed by atoms with Crippen LogP contribution < -0.4 is 5.32 Å². The predicted molar refractivity (Wildman–Crippen MR) is 61.7 cm³/mol. The fourth-order valence-corrected chi connectivity index (χ4v) is 1.68. The second kappa shape index (κ2) is 7.12. The summed E-state index contributed by atoms with van der Waals surface area (Å²) in [4.78, 5) is 11.3. The van der Waals surface area contributed by atoms with Crippen LogP contribution in [0.1, 0.15) is 27.2 Å². The van der Waals surface area contributed by atoms with Gasteiger partial charge in [0.1, 0.15) is 5.54 Å². The molecule has 0 aliphatic rings. The third-order valence-corrected chi connectivity index (χ3v) is 2.92. The Balaban J connectivity index is 3.60. The number of rotatable bonds is 7. The Bertz CT molecular complexity index is 172. The molecule has 0 amide bonds. The van der Waals surface area contributed by atoms with E-state index >= 15 is 0 Å². The summed E-state index contributed by atoms with van der Waals surface area (Å²) >= 11 is 1.92. The van der Waals surface area contributed by atoms with Crippen LogP contribution in [0.25, 0.3) is 0 Å². The van der Waals surface area contributed by atoms with Crippen molar-refractivity contribution in [1.29, 1.82) is 0 Å². The number of esters is 1. The molecule has 0 aromatic rings. The van der Waals surface area contributed by atoms with Crippen LogP contribution in [0.3, 0.4) is 0 Å². The van der Waals surface area contributed by atoms with Crippen molar-refractivity contribution in [3.05, 3.63) is 0 Å². The minimum Gasteiger partial charge on any atom is -0.468 e. The smallest absolute Gasteiger partial charge is 0.325 e. The van der Waals surface area contributed by atoms with Gasteiger partial charge in [0.25, 0.3) is 0 Å². The largest absolute Gasteiger partial charge is 0.468 e. The lowest BCUT2D eigenvalue weighted by Gasteiger charge is -2.22. The summed E-state index contributed by atoms with van der Waals surface area (Å²) in [5, 5.41) is 3.18. The van der Waals surface area contributed by atoms with E-state index < -0.39 is 5.54 Å². The number of thioether (sulfide) groups is 1. The number of hydrogen-bond donors (Lipinski definition) is 1. The maximum absolute atomic E-state index is 11.3. The van der Waals surface area contributed by atoms with Gasteiger partial charge in [0.05, 0.1) is 7.11 Å². The van der Waals surface area contributed by atoms with E-state index in [0.717, 1.165) is 24.5 Å². The number of carbonyl (C=O) groups excluding carboxylic acids is 1. The third kappa shape index (κ3) is 5.50. The van der Waals surface area contributed by atoms with Gasteiger partial charge in [0.15, 0.2) is 0 Å². The molecule has 0 unspecified atom stereocenters. The van der Waals surface area contributed by atoms with E-state index in [1.807, 2.05) is 25.6 Å². The molecule has 0 bridgehead atoms. The fourth-order valence-electron chi connectivity index (χ4n) is 1.05. The van der Waals surface area contributed by atoms with Crippen molar-refractivity contribution in [2.45, 2.75) is 32.7 Å². The number of hydrogen-bond acceptors (Lipinski definition) is 4. The molecule has 0 spiro atoms. The SMILES string of the molecule is CCSCCCNC(C)(C)C(=O)OC. The summed E-state index contributed by atoms with van der Waals surface area (Å²) in [7, 11) is 1.42. The summed E-state index contributed by atoms with van der Waals surface area (Å²) in [6, 6.07) is 0. The number of nitrogens with one attached hydrogen (secondary N) is 1. The van der Waals surface area contributed by atoms with E-state index in [9.17, 15) is 4.79 Å². The average Bonchev–Trinajstić information content (AvgIpc) is 2.16. The minimum atomic E-state index is -0.564. The average molecular weight is 219 g/mol. The third-order valence-electron chi connectivity index (χ3n) is 1.93. The van der Waals surface area contributed by atoms with Crippen molar-refractivity contribution in [2.24, 2.45) is 0 Å². The molecular weight excluding hydrogens is 198 g/mol. The van der Waals surface area contributed by atoms with Crippen LogP contribution in [0.4, 0.5) is 0 Å². The Kier molecular flexibility index (Phi) is 7.01. The highest BCUT2D eigenvalue weighted by atomic mass is 32.2. The molecule has 0 aromatic heterocycles. The van der Waals surface area contributed by atoms with Gasteiger partial charge >= 0.3 is 5.97 Å².